The van der Waals surface area contributed by atoms with Crippen molar-refractivity contribution >= 4 is 40.5 Å². The van der Waals surface area contributed by atoms with Crippen molar-refractivity contribution in [3.8, 4) is 11.8 Å². The summed E-state index contributed by atoms with van der Waals surface area (Å²) < 4.78 is 7.62. The van der Waals surface area contributed by atoms with Gasteiger partial charge in [-0.1, -0.05) is 42.6 Å². The van der Waals surface area contributed by atoms with Gasteiger partial charge < -0.3 is 8.98 Å². The van der Waals surface area contributed by atoms with E-state index >= 15 is 0 Å². The van der Waals surface area contributed by atoms with Crippen LogP contribution in [0.1, 0.15) is 50.4 Å². The van der Waals surface area contributed by atoms with Crippen LogP contribution in [-0.2, 0) is 13.5 Å². The monoisotopic (exact) mass is 440 g/mol. The number of imidazole rings is 1. The molecule has 0 radical (unpaired) electrons. The van der Waals surface area contributed by atoms with Gasteiger partial charge in [-0.25, -0.2) is 0 Å². The van der Waals surface area contributed by atoms with Gasteiger partial charge in [-0.15, -0.1) is 0 Å². The molecular formula is C26H17ClN2O3. The van der Waals surface area contributed by atoms with Crippen LogP contribution < -0.4 is 0 Å². The first-order valence-electron chi connectivity index (χ1n) is 10.1. The SMILES string of the molecule is CCc1cc2c(cc1Cl)C(=O)/C(=C\c1cc3c(nc(C#Cc4ccccc4)n3C)o1)C2=O. The normalized spacial score (nSPS) is 14.2. The third-order valence-corrected chi connectivity index (χ3v) is 5.88. The molecule has 0 bridgehead atoms. The zero-order valence-electron chi connectivity index (χ0n) is 17.4. The average molecular weight is 441 g/mol. The maximum absolute atomic E-state index is 12.9. The van der Waals surface area contributed by atoms with Crippen molar-refractivity contribution in [2.45, 2.75) is 13.3 Å². The van der Waals surface area contributed by atoms with Crippen molar-refractivity contribution in [1.29, 1.82) is 0 Å². The topological polar surface area (TPSA) is 65.1 Å². The number of nitrogens with zero attached hydrogens (tertiary/aromatic N) is 2. The first-order chi connectivity index (χ1) is 15.5. The molecule has 2 heterocycles. The molecule has 32 heavy (non-hydrogen) atoms. The number of fused-ring (bicyclic) bond motifs is 2. The molecular weight excluding hydrogens is 424 g/mol. The number of carbonyl (C=O) groups excluding carboxylic acids is 2. The lowest BCUT2D eigenvalue weighted by Crippen LogP contribution is -2.00. The van der Waals surface area contributed by atoms with E-state index in [2.05, 4.69) is 16.8 Å². The van der Waals surface area contributed by atoms with Crippen molar-refractivity contribution in [3.63, 3.8) is 0 Å². The third-order valence-electron chi connectivity index (χ3n) is 5.52. The molecule has 0 saturated carbocycles. The van der Waals surface area contributed by atoms with Crippen molar-refractivity contribution in [2.24, 2.45) is 7.05 Å². The van der Waals surface area contributed by atoms with E-state index in [9.17, 15) is 9.59 Å². The van der Waals surface area contributed by atoms with Gasteiger partial charge in [-0.3, -0.25) is 9.59 Å². The van der Waals surface area contributed by atoms with E-state index in [-0.39, 0.29) is 17.1 Å². The summed E-state index contributed by atoms with van der Waals surface area (Å²) in [5.74, 6) is 6.39. The van der Waals surface area contributed by atoms with Crippen molar-refractivity contribution in [1.82, 2.24) is 9.55 Å². The third kappa shape index (κ3) is 3.26. The lowest BCUT2D eigenvalue weighted by molar-refractivity contribution is 0.0990. The highest BCUT2D eigenvalue weighted by molar-refractivity contribution is 6.42. The van der Waals surface area contributed by atoms with Gasteiger partial charge in [0.15, 0.2) is 17.4 Å². The zero-order chi connectivity index (χ0) is 22.4. The predicted molar refractivity (Wildman–Crippen MR) is 123 cm³/mol. The molecule has 0 spiro atoms. The summed E-state index contributed by atoms with van der Waals surface area (Å²) in [6.07, 6.45) is 2.15. The Labute approximate surface area is 189 Å². The molecule has 6 heteroatoms. The molecule has 0 N–H and O–H groups in total. The summed E-state index contributed by atoms with van der Waals surface area (Å²) in [5, 5.41) is 0.491. The summed E-state index contributed by atoms with van der Waals surface area (Å²) in [6, 6.07) is 14.7. The van der Waals surface area contributed by atoms with Gasteiger partial charge in [-0.2, -0.15) is 4.98 Å². The van der Waals surface area contributed by atoms with E-state index in [1.54, 1.807) is 18.2 Å². The number of furan rings is 1. The summed E-state index contributed by atoms with van der Waals surface area (Å²) in [7, 11) is 1.84. The van der Waals surface area contributed by atoms with Crippen LogP contribution in [0, 0.1) is 11.8 Å². The number of allylic oxidation sites excluding steroid dienone is 1. The van der Waals surface area contributed by atoms with Gasteiger partial charge in [-0.05, 0) is 48.2 Å². The van der Waals surface area contributed by atoms with Crippen LogP contribution >= 0.6 is 11.6 Å². The van der Waals surface area contributed by atoms with Crippen LogP contribution in [0.4, 0.5) is 0 Å². The van der Waals surface area contributed by atoms with Crippen LogP contribution in [0.3, 0.4) is 0 Å². The van der Waals surface area contributed by atoms with Crippen LogP contribution in [0.5, 0.6) is 0 Å². The Morgan fingerprint density at radius 3 is 2.47 bits per heavy atom. The number of Topliss-reactive ketones (excluding diaryl/α,β-unsaturated/α-hetero) is 2. The van der Waals surface area contributed by atoms with Crippen molar-refractivity contribution < 1.29 is 14.0 Å². The second-order valence-electron chi connectivity index (χ2n) is 7.51. The molecule has 2 aromatic carbocycles. The van der Waals surface area contributed by atoms with E-state index < -0.39 is 0 Å². The smallest absolute Gasteiger partial charge is 0.246 e. The molecule has 0 aliphatic heterocycles. The Morgan fingerprint density at radius 2 is 1.78 bits per heavy atom. The lowest BCUT2D eigenvalue weighted by atomic mass is 10.0. The molecule has 0 unspecified atom stereocenters. The number of rotatable bonds is 2. The molecule has 0 fully saturated rings. The largest absolute Gasteiger partial charge is 0.437 e. The number of ketones is 2. The molecule has 0 saturated heterocycles. The quantitative estimate of drug-likeness (QED) is 0.243. The number of aromatic nitrogens is 2. The minimum Gasteiger partial charge on any atom is -0.437 e. The van der Waals surface area contributed by atoms with Crippen molar-refractivity contribution in [2.75, 3.05) is 0 Å². The molecule has 2 aromatic heterocycles. The van der Waals surface area contributed by atoms with Gasteiger partial charge in [0.2, 0.25) is 5.71 Å². The van der Waals surface area contributed by atoms with Crippen LogP contribution in [-0.4, -0.2) is 21.1 Å². The van der Waals surface area contributed by atoms with E-state index in [1.807, 2.05) is 48.9 Å². The molecule has 5 rings (SSSR count). The summed E-state index contributed by atoms with van der Waals surface area (Å²) in [5.41, 5.74) is 3.62. The fraction of sp³-hybridized carbons (Fsp3) is 0.115. The molecule has 0 amide bonds. The standard InChI is InChI=1S/C26H17ClN2O3/c1-3-16-11-18-19(14-21(16)27)25(31)20(24(18)30)12-17-13-22-26(32-17)28-23(29(22)2)10-9-15-7-5-4-6-8-15/h4-8,11-14H,3H2,1-2H3/b20-12-. The highest BCUT2D eigenvalue weighted by Gasteiger charge is 2.34. The Hall–Kier alpha value is -3.88. The number of aryl methyl sites for hydroxylation is 2. The van der Waals surface area contributed by atoms with Gasteiger partial charge in [0.25, 0.3) is 0 Å². The number of halogens is 1. The first kappa shape index (κ1) is 20.0. The van der Waals surface area contributed by atoms with E-state index in [0.717, 1.165) is 16.6 Å². The van der Waals surface area contributed by atoms with E-state index in [0.29, 0.717) is 39.9 Å². The molecule has 1 aliphatic rings. The van der Waals surface area contributed by atoms with Gasteiger partial charge in [0.1, 0.15) is 11.3 Å². The molecule has 5 nitrogen and oxygen atoms in total. The average Bonchev–Trinajstić information content (AvgIpc) is 3.40. The van der Waals surface area contributed by atoms with Crippen LogP contribution in [0.15, 0.2) is 58.5 Å². The number of hydrogen-bond acceptors (Lipinski definition) is 4. The zero-order valence-corrected chi connectivity index (χ0v) is 18.2. The second-order valence-corrected chi connectivity index (χ2v) is 7.92. The second kappa shape index (κ2) is 7.67. The van der Waals surface area contributed by atoms with Crippen molar-refractivity contribution in [3.05, 3.63) is 93.0 Å². The van der Waals surface area contributed by atoms with Crippen LogP contribution in [0.25, 0.3) is 17.3 Å². The summed E-state index contributed by atoms with van der Waals surface area (Å²) in [6.45, 7) is 1.95. The Kier molecular flexibility index (Phi) is 4.80. The summed E-state index contributed by atoms with van der Waals surface area (Å²) >= 11 is 6.24. The Morgan fingerprint density at radius 1 is 1.06 bits per heavy atom. The fourth-order valence-electron chi connectivity index (χ4n) is 3.76. The van der Waals surface area contributed by atoms with E-state index in [1.165, 1.54) is 6.08 Å². The van der Waals surface area contributed by atoms with Gasteiger partial charge in [0, 0.05) is 34.8 Å². The number of hydrogen-bond donors (Lipinski definition) is 0. The molecule has 1 aliphatic carbocycles. The van der Waals surface area contributed by atoms with Gasteiger partial charge >= 0.3 is 0 Å². The first-order valence-corrected chi connectivity index (χ1v) is 10.5. The highest BCUT2D eigenvalue weighted by atomic mass is 35.5. The molecule has 0 atom stereocenters. The summed E-state index contributed by atoms with van der Waals surface area (Å²) in [4.78, 5) is 30.1. The fourth-order valence-corrected chi connectivity index (χ4v) is 4.06. The Balaban J connectivity index is 1.49. The molecule has 4 aromatic rings. The minimum absolute atomic E-state index is 0.0625. The number of carbonyl (C=O) groups is 2. The van der Waals surface area contributed by atoms with Gasteiger partial charge in [0.05, 0.1) is 5.57 Å². The highest BCUT2D eigenvalue weighted by Crippen LogP contribution is 2.33. The predicted octanol–water partition coefficient (Wildman–Crippen LogP) is 5.24. The lowest BCUT2D eigenvalue weighted by Gasteiger charge is -2.03. The maximum atomic E-state index is 12.9. The minimum atomic E-state index is -0.350. The van der Waals surface area contributed by atoms with Crippen LogP contribution in [0.2, 0.25) is 5.02 Å². The maximum Gasteiger partial charge on any atom is 0.246 e. The molecule has 156 valence electrons. The van der Waals surface area contributed by atoms with E-state index in [4.69, 9.17) is 16.0 Å². The number of benzene rings is 2. The Bertz CT molecular complexity index is 1510.